The Balaban J connectivity index is 1.50. The minimum atomic E-state index is -1.70. The van der Waals surface area contributed by atoms with E-state index in [9.17, 15) is 24.0 Å². The minimum absolute atomic E-state index is 0.0421. The van der Waals surface area contributed by atoms with Crippen LogP contribution in [0.5, 0.6) is 0 Å². The second-order valence-electron chi connectivity index (χ2n) is 8.67. The molecule has 2 aliphatic heterocycles. The van der Waals surface area contributed by atoms with Gasteiger partial charge in [-0.05, 0) is 24.3 Å². The number of hydrogen-bond donors (Lipinski definition) is 1. The molecule has 4 rings (SSSR count). The van der Waals surface area contributed by atoms with Crippen molar-refractivity contribution in [3.05, 3.63) is 75.9 Å². The van der Waals surface area contributed by atoms with Crippen molar-refractivity contribution in [3.8, 4) is 0 Å². The van der Waals surface area contributed by atoms with Crippen LogP contribution in [0.15, 0.2) is 75.2 Å². The van der Waals surface area contributed by atoms with Gasteiger partial charge in [0.05, 0.1) is 5.75 Å². The van der Waals surface area contributed by atoms with Crippen LogP contribution in [0.3, 0.4) is 0 Å². The molecule has 0 saturated carbocycles. The molecule has 0 radical (unpaired) electrons. The van der Waals surface area contributed by atoms with Crippen molar-refractivity contribution in [2.75, 3.05) is 31.8 Å². The summed E-state index contributed by atoms with van der Waals surface area (Å²) in [6.07, 6.45) is 0. The average Bonchev–Trinajstić information content (AvgIpc) is 2.96. The molecule has 0 bridgehead atoms. The van der Waals surface area contributed by atoms with Gasteiger partial charge in [-0.25, -0.2) is 4.79 Å². The lowest BCUT2D eigenvalue weighted by Gasteiger charge is -2.55. The lowest BCUT2D eigenvalue weighted by Crippen LogP contribution is -2.80. The predicted molar refractivity (Wildman–Crippen MR) is 151 cm³/mol. The highest BCUT2D eigenvalue weighted by Gasteiger charge is 2.66. The molecule has 0 unspecified atom stereocenters. The Labute approximate surface area is 247 Å². The second-order valence-corrected chi connectivity index (χ2v) is 11.7. The second kappa shape index (κ2) is 13.0. The van der Waals surface area contributed by atoms with Crippen LogP contribution in [0.1, 0.15) is 17.3 Å². The van der Waals surface area contributed by atoms with Crippen LogP contribution in [0.4, 0.5) is 0 Å². The number of esters is 2. The smallest absolute Gasteiger partial charge is 0.355 e. The molecule has 0 spiro atoms. The molecule has 0 aromatic heterocycles. The summed E-state index contributed by atoms with van der Waals surface area (Å²) < 4.78 is 16.7. The zero-order valence-electron chi connectivity index (χ0n) is 21.5. The molecule has 210 valence electrons. The number of rotatable bonds is 11. The Kier molecular flexibility index (Phi) is 9.72. The van der Waals surface area contributed by atoms with Gasteiger partial charge in [0.25, 0.3) is 11.6 Å². The first kappa shape index (κ1) is 29.8. The molecule has 2 aliphatic rings. The third-order valence-electron chi connectivity index (χ3n) is 6.01. The van der Waals surface area contributed by atoms with Crippen LogP contribution >= 0.6 is 39.5 Å². The van der Waals surface area contributed by atoms with E-state index in [0.717, 1.165) is 14.3 Å². The first-order chi connectivity index (χ1) is 19.2. The van der Waals surface area contributed by atoms with Crippen molar-refractivity contribution in [1.82, 2.24) is 10.2 Å². The number of amides is 2. The summed E-state index contributed by atoms with van der Waals surface area (Å²) in [6.45, 7) is 0.416. The van der Waals surface area contributed by atoms with Gasteiger partial charge >= 0.3 is 11.9 Å². The molecule has 2 heterocycles. The van der Waals surface area contributed by atoms with Crippen molar-refractivity contribution in [1.29, 1.82) is 0 Å². The number of nitrogens with one attached hydrogen (secondary N) is 1. The fraction of sp³-hybridized carbons (Fsp3) is 0.296. The highest BCUT2D eigenvalue weighted by molar-refractivity contribution is 9.10. The molecule has 13 heteroatoms. The summed E-state index contributed by atoms with van der Waals surface area (Å²) in [6, 6.07) is 15.9. The fourth-order valence-corrected chi connectivity index (χ4v) is 6.46. The topological polar surface area (TPSA) is 128 Å². The number of fused-ring (bicyclic) bond motifs is 1. The molecule has 1 saturated heterocycles. The van der Waals surface area contributed by atoms with Crippen molar-refractivity contribution in [2.45, 2.75) is 22.9 Å². The van der Waals surface area contributed by atoms with E-state index in [2.05, 4.69) is 21.2 Å². The van der Waals surface area contributed by atoms with Gasteiger partial charge in [0.1, 0.15) is 17.7 Å². The summed E-state index contributed by atoms with van der Waals surface area (Å²) in [5, 5.41) is 1.90. The fourth-order valence-electron chi connectivity index (χ4n) is 4.06. The van der Waals surface area contributed by atoms with Gasteiger partial charge in [-0.3, -0.25) is 24.1 Å². The van der Waals surface area contributed by atoms with Gasteiger partial charge in [0.2, 0.25) is 5.91 Å². The number of Topliss-reactive ketones (excluding diaryl/α,β-unsaturated/α-hetero) is 1. The van der Waals surface area contributed by atoms with E-state index in [1.54, 1.807) is 24.3 Å². The van der Waals surface area contributed by atoms with E-state index in [4.69, 9.17) is 14.2 Å². The number of methoxy groups -OCH3 is 1. The summed E-state index contributed by atoms with van der Waals surface area (Å²) in [5.41, 5.74) is -1.16. The minimum Gasteiger partial charge on any atom is -0.461 e. The summed E-state index contributed by atoms with van der Waals surface area (Å²) in [7, 11) is 1.30. The van der Waals surface area contributed by atoms with Crippen LogP contribution in [0.25, 0.3) is 0 Å². The molecule has 10 nitrogen and oxygen atoms in total. The Morgan fingerprint density at radius 1 is 1.10 bits per heavy atom. The van der Waals surface area contributed by atoms with Crippen molar-refractivity contribution >= 4 is 69.0 Å². The standard InChI is InChI=1S/C27H25BrN2O8S2/c1-16(31)37-12-18-14-40-26-27(36-2,29-22(33)15-39-20-6-4-3-5-7-20)25(35)30(26)23(18)24(34)38-13-21(32)17-8-10-19(28)11-9-17/h3-11,26H,12-15H2,1-2H3,(H,29,33)/t26-,27+/m1/s1. The lowest BCUT2D eigenvalue weighted by molar-refractivity contribution is -0.192. The third kappa shape index (κ3) is 6.43. The largest absolute Gasteiger partial charge is 0.461 e. The van der Waals surface area contributed by atoms with Crippen LogP contribution in [0.2, 0.25) is 0 Å². The number of β-lactam (4-membered cyclic amide) rings is 1. The SMILES string of the molecule is CO[C@@]1(NC(=O)CSc2ccccc2)C(=O)N2C(C(=O)OCC(=O)c3ccc(Br)cc3)=C(COC(C)=O)CS[C@@H]21. The lowest BCUT2D eigenvalue weighted by atomic mass is 9.98. The van der Waals surface area contributed by atoms with Crippen molar-refractivity contribution < 1.29 is 38.2 Å². The maximum Gasteiger partial charge on any atom is 0.355 e. The first-order valence-electron chi connectivity index (χ1n) is 12.0. The van der Waals surface area contributed by atoms with Gasteiger partial charge in [-0.2, -0.15) is 0 Å². The number of ether oxygens (including phenoxy) is 3. The van der Waals surface area contributed by atoms with Gasteiger partial charge in [0, 0.05) is 40.3 Å². The van der Waals surface area contributed by atoms with Crippen LogP contribution in [0, 0.1) is 0 Å². The van der Waals surface area contributed by atoms with Crippen LogP contribution in [-0.4, -0.2) is 77.4 Å². The van der Waals surface area contributed by atoms with Gasteiger partial charge < -0.3 is 19.5 Å². The number of carbonyl (C=O) groups is 5. The highest BCUT2D eigenvalue weighted by atomic mass is 79.9. The van der Waals surface area contributed by atoms with E-state index in [1.165, 1.54) is 37.6 Å². The number of benzene rings is 2. The van der Waals surface area contributed by atoms with E-state index in [-0.39, 0.29) is 23.8 Å². The molecule has 0 aliphatic carbocycles. The number of halogens is 1. The van der Waals surface area contributed by atoms with Gasteiger partial charge in [0.15, 0.2) is 12.4 Å². The summed E-state index contributed by atoms with van der Waals surface area (Å²) in [5.74, 6) is -2.81. The molecule has 2 aromatic carbocycles. The molecule has 1 N–H and O–H groups in total. The zero-order valence-corrected chi connectivity index (χ0v) is 24.7. The van der Waals surface area contributed by atoms with Crippen molar-refractivity contribution in [2.24, 2.45) is 0 Å². The molecular weight excluding hydrogens is 624 g/mol. The molecular formula is C27H25BrN2O8S2. The third-order valence-corrected chi connectivity index (χ3v) is 8.93. The van der Waals surface area contributed by atoms with E-state index < -0.39 is 47.2 Å². The normalized spacial score (nSPS) is 19.8. The van der Waals surface area contributed by atoms with Crippen LogP contribution < -0.4 is 5.32 Å². The monoisotopic (exact) mass is 648 g/mol. The molecule has 2 aromatic rings. The Morgan fingerprint density at radius 2 is 1.80 bits per heavy atom. The molecule has 40 heavy (non-hydrogen) atoms. The first-order valence-corrected chi connectivity index (χ1v) is 14.8. The maximum atomic E-state index is 13.5. The number of nitrogens with zero attached hydrogens (tertiary/aromatic N) is 1. The highest BCUT2D eigenvalue weighted by Crippen LogP contribution is 2.47. The number of carbonyl (C=O) groups excluding carboxylic acids is 5. The Morgan fingerprint density at radius 3 is 2.45 bits per heavy atom. The molecule has 1 fully saturated rings. The number of thioether (sulfide) groups is 2. The Bertz CT molecular complexity index is 1350. The quantitative estimate of drug-likeness (QED) is 0.128. The van der Waals surface area contributed by atoms with E-state index >= 15 is 0 Å². The van der Waals surface area contributed by atoms with E-state index in [1.807, 2.05) is 30.3 Å². The Hall–Kier alpha value is -3.13. The predicted octanol–water partition coefficient (Wildman–Crippen LogP) is 3.16. The van der Waals surface area contributed by atoms with E-state index in [0.29, 0.717) is 11.1 Å². The van der Waals surface area contributed by atoms with Crippen LogP contribution in [-0.2, 0) is 33.4 Å². The molecule has 2 atom stereocenters. The van der Waals surface area contributed by atoms with Crippen molar-refractivity contribution in [3.63, 3.8) is 0 Å². The number of ketones is 1. The average molecular weight is 650 g/mol. The maximum absolute atomic E-state index is 13.5. The zero-order chi connectivity index (χ0) is 28.9. The summed E-state index contributed by atoms with van der Waals surface area (Å²) >= 11 is 5.84. The summed E-state index contributed by atoms with van der Waals surface area (Å²) in [4.78, 5) is 65.6. The van der Waals surface area contributed by atoms with Gasteiger partial charge in [-0.1, -0.05) is 46.3 Å². The van der Waals surface area contributed by atoms with Gasteiger partial charge in [-0.15, -0.1) is 23.5 Å². The molecule has 2 amide bonds. The number of hydrogen-bond acceptors (Lipinski definition) is 10.